The van der Waals surface area contributed by atoms with Gasteiger partial charge < -0.3 is 14.8 Å². The highest BCUT2D eigenvalue weighted by atomic mass is 32.2. The maximum absolute atomic E-state index is 12.0. The number of Topliss-reactive ketones (excluding diaryl/α,β-unsaturated/α-hetero) is 1. The number of hydrogen-bond acceptors (Lipinski definition) is 5. The highest BCUT2D eigenvalue weighted by Crippen LogP contribution is 2.32. The maximum Gasteiger partial charge on any atom is 0.280 e. The van der Waals surface area contributed by atoms with E-state index >= 15 is 0 Å². The number of carbonyl (C=O) groups excluding carboxylic acids is 3. The van der Waals surface area contributed by atoms with E-state index in [1.807, 2.05) is 30.3 Å². The SMILES string of the molecule is O=CC1(Cc2ccc(OCC(=O)c3ccccc3)cc2)CNC(=O)S1. The highest BCUT2D eigenvalue weighted by Gasteiger charge is 2.39. The van der Waals surface area contributed by atoms with E-state index < -0.39 is 4.75 Å². The molecule has 2 aromatic rings. The Morgan fingerprint density at radius 2 is 1.88 bits per heavy atom. The van der Waals surface area contributed by atoms with Crippen molar-refractivity contribution in [1.82, 2.24) is 5.32 Å². The van der Waals surface area contributed by atoms with Crippen LogP contribution in [0.25, 0.3) is 0 Å². The normalized spacial score (nSPS) is 19.3. The summed E-state index contributed by atoms with van der Waals surface area (Å²) in [6, 6.07) is 16.2. The Hall–Kier alpha value is -2.60. The molecule has 5 nitrogen and oxygen atoms in total. The van der Waals surface area contributed by atoms with Crippen molar-refractivity contribution in [1.29, 1.82) is 0 Å². The van der Waals surface area contributed by atoms with E-state index in [1.165, 1.54) is 0 Å². The van der Waals surface area contributed by atoms with E-state index in [0.717, 1.165) is 23.6 Å². The van der Waals surface area contributed by atoms with Crippen LogP contribution in [0, 0.1) is 0 Å². The molecule has 1 fully saturated rings. The monoisotopic (exact) mass is 355 g/mol. The van der Waals surface area contributed by atoms with E-state index in [9.17, 15) is 14.4 Å². The average molecular weight is 355 g/mol. The van der Waals surface area contributed by atoms with Crippen LogP contribution in [0.2, 0.25) is 0 Å². The fourth-order valence-electron chi connectivity index (χ4n) is 2.59. The van der Waals surface area contributed by atoms with Crippen molar-refractivity contribution in [3.8, 4) is 5.75 Å². The van der Waals surface area contributed by atoms with Gasteiger partial charge in [0.1, 0.15) is 16.8 Å². The summed E-state index contributed by atoms with van der Waals surface area (Å²) in [6.45, 7) is 0.305. The molecule has 0 bridgehead atoms. The van der Waals surface area contributed by atoms with Crippen LogP contribution in [0.15, 0.2) is 54.6 Å². The van der Waals surface area contributed by atoms with E-state index in [4.69, 9.17) is 4.74 Å². The van der Waals surface area contributed by atoms with Crippen LogP contribution in [0.1, 0.15) is 15.9 Å². The molecule has 128 valence electrons. The number of aldehydes is 1. The number of amides is 1. The van der Waals surface area contributed by atoms with Crippen LogP contribution in [-0.4, -0.2) is 35.2 Å². The summed E-state index contributed by atoms with van der Waals surface area (Å²) in [6.07, 6.45) is 1.29. The Balaban J connectivity index is 1.58. The molecule has 1 unspecified atom stereocenters. The molecule has 25 heavy (non-hydrogen) atoms. The lowest BCUT2D eigenvalue weighted by molar-refractivity contribution is -0.109. The van der Waals surface area contributed by atoms with Crippen molar-refractivity contribution in [3.63, 3.8) is 0 Å². The molecular weight excluding hydrogens is 338 g/mol. The summed E-state index contributed by atoms with van der Waals surface area (Å²) in [5, 5.41) is 2.50. The van der Waals surface area contributed by atoms with Crippen molar-refractivity contribution in [3.05, 3.63) is 65.7 Å². The molecule has 1 atom stereocenters. The first-order valence-corrected chi connectivity index (χ1v) is 8.65. The number of thioether (sulfide) groups is 1. The molecule has 1 amide bonds. The smallest absolute Gasteiger partial charge is 0.280 e. The molecule has 0 aromatic heterocycles. The second-order valence-corrected chi connectivity index (χ2v) is 7.21. The Kier molecular flexibility index (Phi) is 5.19. The summed E-state index contributed by atoms with van der Waals surface area (Å²) in [7, 11) is 0. The van der Waals surface area contributed by atoms with Gasteiger partial charge in [0.2, 0.25) is 0 Å². The van der Waals surface area contributed by atoms with Gasteiger partial charge in [-0.25, -0.2) is 0 Å². The summed E-state index contributed by atoms with van der Waals surface area (Å²) in [5.41, 5.74) is 1.54. The van der Waals surface area contributed by atoms with E-state index in [1.54, 1.807) is 24.3 Å². The fourth-order valence-corrected chi connectivity index (χ4v) is 3.53. The number of rotatable bonds is 7. The van der Waals surface area contributed by atoms with Gasteiger partial charge in [0.05, 0.1) is 0 Å². The topological polar surface area (TPSA) is 72.5 Å². The van der Waals surface area contributed by atoms with E-state index in [-0.39, 0.29) is 17.6 Å². The van der Waals surface area contributed by atoms with Crippen LogP contribution in [0.4, 0.5) is 4.79 Å². The lowest BCUT2D eigenvalue weighted by Crippen LogP contribution is -2.33. The molecule has 0 radical (unpaired) electrons. The molecule has 1 aliphatic heterocycles. The van der Waals surface area contributed by atoms with Gasteiger partial charge in [-0.2, -0.15) is 0 Å². The Morgan fingerprint density at radius 3 is 2.48 bits per heavy atom. The second-order valence-electron chi connectivity index (χ2n) is 5.82. The molecule has 2 aromatic carbocycles. The molecule has 1 aliphatic rings. The zero-order chi connectivity index (χ0) is 17.7. The summed E-state index contributed by atoms with van der Waals surface area (Å²) >= 11 is 1.03. The molecule has 1 N–H and O–H groups in total. The van der Waals surface area contributed by atoms with Crippen LogP contribution in [0.5, 0.6) is 5.75 Å². The van der Waals surface area contributed by atoms with E-state index in [2.05, 4.69) is 5.32 Å². The van der Waals surface area contributed by atoms with Crippen molar-refractivity contribution in [2.24, 2.45) is 0 Å². The summed E-state index contributed by atoms with van der Waals surface area (Å²) < 4.78 is 4.78. The van der Waals surface area contributed by atoms with Gasteiger partial charge >= 0.3 is 0 Å². The van der Waals surface area contributed by atoms with Crippen molar-refractivity contribution in [2.45, 2.75) is 11.2 Å². The minimum absolute atomic E-state index is 0.0318. The first-order chi connectivity index (χ1) is 12.1. The molecule has 0 saturated carbocycles. The first kappa shape index (κ1) is 17.2. The van der Waals surface area contributed by atoms with Gasteiger partial charge in [0.25, 0.3) is 5.24 Å². The maximum atomic E-state index is 12.0. The van der Waals surface area contributed by atoms with Gasteiger partial charge in [-0.1, -0.05) is 42.5 Å². The zero-order valence-electron chi connectivity index (χ0n) is 13.4. The first-order valence-electron chi connectivity index (χ1n) is 7.83. The minimum atomic E-state index is -0.747. The van der Waals surface area contributed by atoms with E-state index in [0.29, 0.717) is 24.3 Å². The number of carbonyl (C=O) groups is 3. The fraction of sp³-hybridized carbons (Fsp3) is 0.211. The highest BCUT2D eigenvalue weighted by molar-refractivity contribution is 8.15. The molecule has 1 saturated heterocycles. The number of ether oxygens (including phenoxy) is 1. The molecule has 6 heteroatoms. The third-order valence-electron chi connectivity index (χ3n) is 3.94. The van der Waals surface area contributed by atoms with Crippen molar-refractivity contribution >= 4 is 29.1 Å². The van der Waals surface area contributed by atoms with Gasteiger partial charge in [-0.05, 0) is 35.9 Å². The predicted molar refractivity (Wildman–Crippen MR) is 96.2 cm³/mol. The Morgan fingerprint density at radius 1 is 1.16 bits per heavy atom. The summed E-state index contributed by atoms with van der Waals surface area (Å²) in [4.78, 5) is 34.8. The van der Waals surface area contributed by atoms with Gasteiger partial charge in [0.15, 0.2) is 12.4 Å². The Labute approximate surface area is 149 Å². The van der Waals surface area contributed by atoms with Gasteiger partial charge in [-0.3, -0.25) is 9.59 Å². The molecule has 1 heterocycles. The van der Waals surface area contributed by atoms with Crippen LogP contribution in [-0.2, 0) is 11.2 Å². The van der Waals surface area contributed by atoms with Crippen molar-refractivity contribution in [2.75, 3.05) is 13.2 Å². The molecule has 0 spiro atoms. The van der Waals surface area contributed by atoms with Gasteiger partial charge in [0, 0.05) is 12.1 Å². The number of ketones is 1. The number of hydrogen-bond donors (Lipinski definition) is 1. The molecule has 0 aliphatic carbocycles. The molecule has 3 rings (SSSR count). The summed E-state index contributed by atoms with van der Waals surface area (Å²) in [5.74, 6) is 0.498. The van der Waals surface area contributed by atoms with Crippen LogP contribution >= 0.6 is 11.8 Å². The third kappa shape index (κ3) is 4.28. The largest absolute Gasteiger partial charge is 0.485 e. The quantitative estimate of drug-likeness (QED) is 0.611. The number of nitrogens with one attached hydrogen (secondary N) is 1. The average Bonchev–Trinajstić information content (AvgIpc) is 3.03. The van der Waals surface area contributed by atoms with Crippen LogP contribution < -0.4 is 10.1 Å². The Bertz CT molecular complexity index is 776. The van der Waals surface area contributed by atoms with Crippen LogP contribution in [0.3, 0.4) is 0 Å². The lowest BCUT2D eigenvalue weighted by atomic mass is 9.99. The lowest BCUT2D eigenvalue weighted by Gasteiger charge is -2.18. The predicted octanol–water partition coefficient (Wildman–Crippen LogP) is 2.88. The third-order valence-corrected chi connectivity index (χ3v) is 5.06. The zero-order valence-corrected chi connectivity index (χ0v) is 14.3. The molecular formula is C19H17NO4S. The number of benzene rings is 2. The minimum Gasteiger partial charge on any atom is -0.485 e. The van der Waals surface area contributed by atoms with Crippen molar-refractivity contribution < 1.29 is 19.1 Å². The second kappa shape index (κ2) is 7.53. The van der Waals surface area contributed by atoms with Gasteiger partial charge in [-0.15, -0.1) is 0 Å². The standard InChI is InChI=1S/C19H17NO4S/c21-13-19(12-20-18(23)25-19)10-14-6-8-16(9-7-14)24-11-17(22)15-4-2-1-3-5-15/h1-9,13H,10-12H2,(H,20,23).